The van der Waals surface area contributed by atoms with Crippen LogP contribution in [0, 0.1) is 0 Å². The van der Waals surface area contributed by atoms with E-state index in [2.05, 4.69) is 15.3 Å². The molecule has 0 amide bonds. The van der Waals surface area contributed by atoms with Gasteiger partial charge in [-0.1, -0.05) is 0 Å². The molecule has 0 bridgehead atoms. The van der Waals surface area contributed by atoms with Crippen molar-refractivity contribution in [1.29, 1.82) is 0 Å². The van der Waals surface area contributed by atoms with E-state index in [4.69, 9.17) is 0 Å². The van der Waals surface area contributed by atoms with E-state index in [1.165, 1.54) is 18.1 Å². The van der Waals surface area contributed by atoms with Crippen LogP contribution in [0.4, 0.5) is 5.82 Å². The highest BCUT2D eigenvalue weighted by molar-refractivity contribution is 7.98. The Morgan fingerprint density at radius 1 is 1.53 bits per heavy atom. The van der Waals surface area contributed by atoms with Gasteiger partial charge in [0.25, 0.3) is 0 Å². The highest BCUT2D eigenvalue weighted by Gasteiger charge is 2.30. The van der Waals surface area contributed by atoms with Gasteiger partial charge >= 0.3 is 0 Å². The molecule has 0 aliphatic carbocycles. The molecule has 0 radical (unpaired) electrons. The van der Waals surface area contributed by atoms with E-state index < -0.39 is 9.84 Å². The molecule has 0 saturated carbocycles. The number of hydrogen-bond acceptors (Lipinski definition) is 6. The van der Waals surface area contributed by atoms with Crippen LogP contribution >= 0.6 is 11.8 Å². The summed E-state index contributed by atoms with van der Waals surface area (Å²) in [7, 11) is -2.88. The van der Waals surface area contributed by atoms with Crippen molar-refractivity contribution in [3.8, 4) is 0 Å². The first kappa shape index (κ1) is 12.6. The van der Waals surface area contributed by atoms with Gasteiger partial charge in [-0.3, -0.25) is 0 Å². The summed E-state index contributed by atoms with van der Waals surface area (Å²) < 4.78 is 23.3. The highest BCUT2D eigenvalue weighted by atomic mass is 32.2. The molecule has 1 aromatic heterocycles. The van der Waals surface area contributed by atoms with Crippen molar-refractivity contribution in [1.82, 2.24) is 9.97 Å². The average Bonchev–Trinajstić information content (AvgIpc) is 2.66. The Hall–Kier alpha value is -0.820. The maximum atomic E-state index is 11.6. The van der Waals surface area contributed by atoms with Gasteiger partial charge in [0.15, 0.2) is 9.84 Å². The van der Waals surface area contributed by atoms with Gasteiger partial charge in [0.1, 0.15) is 17.2 Å². The van der Waals surface area contributed by atoms with E-state index in [-0.39, 0.29) is 5.25 Å². The molecule has 2 heterocycles. The molecule has 94 valence electrons. The lowest BCUT2D eigenvalue weighted by molar-refractivity contribution is 0.591. The number of aromatic nitrogens is 2. The number of rotatable bonds is 4. The Balaban J connectivity index is 1.98. The van der Waals surface area contributed by atoms with Gasteiger partial charge in [-0.25, -0.2) is 18.4 Å². The summed E-state index contributed by atoms with van der Waals surface area (Å²) in [6.07, 6.45) is 4.94. The van der Waals surface area contributed by atoms with Gasteiger partial charge in [0, 0.05) is 12.6 Å². The number of thioether (sulfide) groups is 1. The Morgan fingerprint density at radius 3 is 3.00 bits per heavy atom. The Labute approximate surface area is 105 Å². The van der Waals surface area contributed by atoms with Gasteiger partial charge in [-0.05, 0) is 19.1 Å². The van der Waals surface area contributed by atoms with E-state index in [0.717, 1.165) is 17.9 Å². The quantitative estimate of drug-likeness (QED) is 0.656. The number of hydrogen-bond donors (Lipinski definition) is 1. The van der Waals surface area contributed by atoms with Crippen molar-refractivity contribution in [3.05, 3.63) is 12.4 Å². The van der Waals surface area contributed by atoms with Crippen LogP contribution in [0.5, 0.6) is 0 Å². The lowest BCUT2D eigenvalue weighted by Crippen LogP contribution is -2.25. The number of nitrogens with zero attached hydrogens (tertiary/aromatic N) is 2. The highest BCUT2D eigenvalue weighted by Crippen LogP contribution is 2.20. The maximum Gasteiger partial charge on any atom is 0.154 e. The van der Waals surface area contributed by atoms with Crippen molar-refractivity contribution < 1.29 is 8.42 Å². The second-order valence-corrected chi connectivity index (χ2v) is 7.18. The predicted octanol–water partition coefficient (Wildman–Crippen LogP) is 1.19. The third-order valence-electron chi connectivity index (χ3n) is 2.82. The fraction of sp³-hybridized carbons (Fsp3) is 0.600. The lowest BCUT2D eigenvalue weighted by Gasteiger charge is -2.11. The monoisotopic (exact) mass is 273 g/mol. The van der Waals surface area contributed by atoms with Crippen LogP contribution < -0.4 is 5.32 Å². The second kappa shape index (κ2) is 5.22. The van der Waals surface area contributed by atoms with E-state index in [0.29, 0.717) is 18.1 Å². The minimum absolute atomic E-state index is 0.268. The molecule has 0 aromatic carbocycles. The summed E-state index contributed by atoms with van der Waals surface area (Å²) in [6.45, 7) is 0.438. The Morgan fingerprint density at radius 2 is 2.35 bits per heavy atom. The Bertz CT molecular complexity index is 490. The van der Waals surface area contributed by atoms with Gasteiger partial charge in [0.05, 0.1) is 11.0 Å². The molecule has 7 heteroatoms. The minimum atomic E-state index is -2.88. The third kappa shape index (κ3) is 3.10. The van der Waals surface area contributed by atoms with Crippen LogP contribution in [0.2, 0.25) is 0 Å². The van der Waals surface area contributed by atoms with Gasteiger partial charge < -0.3 is 5.32 Å². The molecule has 17 heavy (non-hydrogen) atoms. The molecule has 0 spiro atoms. The summed E-state index contributed by atoms with van der Waals surface area (Å²) in [6, 6.07) is 1.83. The largest absolute Gasteiger partial charge is 0.369 e. The standard InChI is InChI=1S/C10H15N3O2S2/c1-16-10-5-9(12-7-13-10)11-6-8-3-2-4-17(8,14)15/h5,7-8H,2-4,6H2,1H3,(H,11,12,13). The van der Waals surface area contributed by atoms with E-state index in [1.54, 1.807) is 0 Å². The molecule has 2 rings (SSSR count). The molecule has 5 nitrogen and oxygen atoms in total. The van der Waals surface area contributed by atoms with Gasteiger partial charge in [0.2, 0.25) is 0 Å². The summed E-state index contributed by atoms with van der Waals surface area (Å²) >= 11 is 1.53. The molecule has 1 atom stereocenters. The van der Waals surface area contributed by atoms with E-state index in [1.807, 2.05) is 12.3 Å². The van der Waals surface area contributed by atoms with Crippen LogP contribution in [-0.2, 0) is 9.84 Å². The summed E-state index contributed by atoms with van der Waals surface area (Å²) in [5.74, 6) is 1.01. The van der Waals surface area contributed by atoms with Crippen molar-refractivity contribution >= 4 is 27.4 Å². The number of anilines is 1. The summed E-state index contributed by atoms with van der Waals surface area (Å²) in [4.78, 5) is 8.13. The SMILES string of the molecule is CSc1cc(NCC2CCCS2(=O)=O)ncn1. The second-order valence-electron chi connectivity index (χ2n) is 3.96. The smallest absolute Gasteiger partial charge is 0.154 e. The fourth-order valence-corrected chi connectivity index (χ4v) is 4.00. The van der Waals surface area contributed by atoms with Crippen molar-refractivity contribution in [3.63, 3.8) is 0 Å². The normalized spacial score (nSPS) is 22.5. The molecular formula is C10H15N3O2S2. The van der Waals surface area contributed by atoms with Gasteiger partial charge in [-0.2, -0.15) is 0 Å². The number of sulfone groups is 1. The molecule has 1 unspecified atom stereocenters. The molecule has 1 aliphatic rings. The molecule has 1 aliphatic heterocycles. The summed E-state index contributed by atoms with van der Waals surface area (Å²) in [5, 5.41) is 3.68. The van der Waals surface area contributed by atoms with Crippen molar-refractivity contribution in [2.75, 3.05) is 23.9 Å². The zero-order chi connectivity index (χ0) is 12.3. The van der Waals surface area contributed by atoms with E-state index in [9.17, 15) is 8.42 Å². The zero-order valence-electron chi connectivity index (χ0n) is 9.59. The molecule has 1 N–H and O–H groups in total. The molecular weight excluding hydrogens is 258 g/mol. The molecule has 1 saturated heterocycles. The third-order valence-corrected chi connectivity index (χ3v) is 5.74. The van der Waals surface area contributed by atoms with Crippen LogP contribution in [0.25, 0.3) is 0 Å². The topological polar surface area (TPSA) is 72.0 Å². The van der Waals surface area contributed by atoms with Crippen molar-refractivity contribution in [2.45, 2.75) is 23.1 Å². The lowest BCUT2D eigenvalue weighted by atomic mass is 10.2. The Kier molecular flexibility index (Phi) is 3.88. The van der Waals surface area contributed by atoms with Gasteiger partial charge in [-0.15, -0.1) is 11.8 Å². The van der Waals surface area contributed by atoms with Crippen molar-refractivity contribution in [2.24, 2.45) is 0 Å². The van der Waals surface area contributed by atoms with E-state index >= 15 is 0 Å². The summed E-state index contributed by atoms with van der Waals surface area (Å²) in [5.41, 5.74) is 0. The average molecular weight is 273 g/mol. The van der Waals surface area contributed by atoms with Crippen LogP contribution in [0.3, 0.4) is 0 Å². The molecule has 1 fully saturated rings. The van der Waals surface area contributed by atoms with Crippen LogP contribution in [-0.4, -0.2) is 42.2 Å². The predicted molar refractivity (Wildman–Crippen MR) is 69.1 cm³/mol. The first-order valence-corrected chi connectivity index (χ1v) is 8.37. The first-order chi connectivity index (χ1) is 8.12. The molecule has 1 aromatic rings. The first-order valence-electron chi connectivity index (χ1n) is 5.43. The number of nitrogens with one attached hydrogen (secondary N) is 1. The van der Waals surface area contributed by atoms with Crippen LogP contribution in [0.15, 0.2) is 17.4 Å². The fourth-order valence-electron chi connectivity index (χ4n) is 1.85. The maximum absolute atomic E-state index is 11.6. The zero-order valence-corrected chi connectivity index (χ0v) is 11.2. The minimum Gasteiger partial charge on any atom is -0.369 e. The van der Waals surface area contributed by atoms with Crippen LogP contribution in [0.1, 0.15) is 12.8 Å².